The van der Waals surface area contributed by atoms with E-state index in [1.807, 2.05) is 12.3 Å². The van der Waals surface area contributed by atoms with Gasteiger partial charge in [0.05, 0.1) is 24.1 Å². The molecule has 5 heterocycles. The van der Waals surface area contributed by atoms with Gasteiger partial charge in [0.2, 0.25) is 21.0 Å². The Morgan fingerprint density at radius 2 is 1.89 bits per heavy atom. The lowest BCUT2D eigenvalue weighted by atomic mass is 10.2. The van der Waals surface area contributed by atoms with Crippen LogP contribution in [-0.2, 0) is 16.4 Å². The third-order valence-corrected chi connectivity index (χ3v) is 8.95. The predicted octanol–water partition coefficient (Wildman–Crippen LogP) is 1.91. The average molecular weight is 545 g/mol. The first-order valence-electron chi connectivity index (χ1n) is 12.1. The van der Waals surface area contributed by atoms with Gasteiger partial charge in [0.25, 0.3) is 5.56 Å². The molecule has 196 valence electrons. The van der Waals surface area contributed by atoms with Gasteiger partial charge in [-0.25, -0.2) is 28.1 Å². The Morgan fingerprint density at radius 1 is 1.11 bits per heavy atom. The summed E-state index contributed by atoms with van der Waals surface area (Å²) in [6, 6.07) is 1.47. The highest BCUT2D eigenvalue weighted by atomic mass is 32.2. The predicted molar refractivity (Wildman–Crippen MR) is 140 cm³/mol. The number of aryl methyl sites for hydroxylation is 1. The van der Waals surface area contributed by atoms with Crippen molar-refractivity contribution < 1.29 is 13.2 Å². The van der Waals surface area contributed by atoms with Crippen LogP contribution < -0.4 is 10.3 Å². The van der Waals surface area contributed by atoms with Gasteiger partial charge in [-0.2, -0.15) is 9.40 Å². The molecule has 1 fully saturated rings. The molecule has 0 aliphatic carbocycles. The van der Waals surface area contributed by atoms with Gasteiger partial charge in [-0.1, -0.05) is 13.8 Å². The highest BCUT2D eigenvalue weighted by Gasteiger charge is 2.30. The van der Waals surface area contributed by atoms with E-state index in [2.05, 4.69) is 31.9 Å². The van der Waals surface area contributed by atoms with Gasteiger partial charge in [-0.3, -0.25) is 4.79 Å². The molecule has 14 heteroatoms. The van der Waals surface area contributed by atoms with Crippen LogP contribution in [0.2, 0.25) is 0 Å². The van der Waals surface area contributed by atoms with Crippen LogP contribution >= 0.6 is 11.3 Å². The fourth-order valence-electron chi connectivity index (χ4n) is 4.38. The highest BCUT2D eigenvalue weighted by molar-refractivity contribution is 7.89. The SMILES string of the molecule is CCOc1ncc(S(=O)(=O)N2CCN(CC)CC2)cc1-c1nc2c(CC)n(-c3nccs3)nc2c(=O)[nH]1. The van der Waals surface area contributed by atoms with Gasteiger partial charge < -0.3 is 14.6 Å². The smallest absolute Gasteiger partial charge is 0.279 e. The minimum atomic E-state index is -3.80. The first-order valence-corrected chi connectivity index (χ1v) is 14.5. The summed E-state index contributed by atoms with van der Waals surface area (Å²) in [5.74, 6) is 0.347. The number of hydrogen-bond acceptors (Lipinski definition) is 10. The van der Waals surface area contributed by atoms with Gasteiger partial charge in [0, 0.05) is 37.8 Å². The van der Waals surface area contributed by atoms with Crippen LogP contribution in [0.4, 0.5) is 0 Å². The van der Waals surface area contributed by atoms with E-state index in [-0.39, 0.29) is 27.7 Å². The Labute approximate surface area is 218 Å². The molecule has 0 aromatic carbocycles. The summed E-state index contributed by atoms with van der Waals surface area (Å²) in [5.41, 5.74) is 1.16. The van der Waals surface area contributed by atoms with Crippen LogP contribution in [0.25, 0.3) is 27.6 Å². The number of rotatable bonds is 8. The van der Waals surface area contributed by atoms with Crippen molar-refractivity contribution >= 4 is 32.4 Å². The lowest BCUT2D eigenvalue weighted by Gasteiger charge is -2.33. The molecular formula is C23H28N8O4S2. The highest BCUT2D eigenvalue weighted by Crippen LogP contribution is 2.30. The summed E-state index contributed by atoms with van der Waals surface area (Å²) in [5, 5.41) is 6.92. The van der Waals surface area contributed by atoms with E-state index in [4.69, 9.17) is 9.72 Å². The van der Waals surface area contributed by atoms with Crippen LogP contribution in [0.3, 0.4) is 0 Å². The summed E-state index contributed by atoms with van der Waals surface area (Å²) in [6.07, 6.45) is 3.52. The second-order valence-corrected chi connectivity index (χ2v) is 11.2. The summed E-state index contributed by atoms with van der Waals surface area (Å²) < 4.78 is 35.7. The number of H-pyrrole nitrogens is 1. The van der Waals surface area contributed by atoms with E-state index >= 15 is 0 Å². The van der Waals surface area contributed by atoms with E-state index in [1.165, 1.54) is 27.9 Å². The minimum Gasteiger partial charge on any atom is -0.477 e. The molecule has 12 nitrogen and oxygen atoms in total. The van der Waals surface area contributed by atoms with E-state index in [1.54, 1.807) is 17.8 Å². The molecule has 4 aromatic heterocycles. The van der Waals surface area contributed by atoms with Crippen molar-refractivity contribution in [3.8, 4) is 22.4 Å². The average Bonchev–Trinajstić information content (AvgIpc) is 3.57. The van der Waals surface area contributed by atoms with Crippen LogP contribution in [-0.4, -0.2) is 86.7 Å². The molecular weight excluding hydrogens is 516 g/mol. The molecule has 0 spiro atoms. The second kappa shape index (κ2) is 10.3. The molecule has 0 atom stereocenters. The number of aromatic nitrogens is 6. The number of piperazine rings is 1. The monoisotopic (exact) mass is 544 g/mol. The van der Waals surface area contributed by atoms with Crippen molar-refractivity contribution in [1.82, 2.24) is 38.9 Å². The molecule has 1 saturated heterocycles. The summed E-state index contributed by atoms with van der Waals surface area (Å²) in [6.45, 7) is 9.12. The van der Waals surface area contributed by atoms with Crippen LogP contribution in [0, 0.1) is 0 Å². The molecule has 1 N–H and O–H groups in total. The molecule has 1 aliphatic rings. The molecule has 0 unspecified atom stereocenters. The summed E-state index contributed by atoms with van der Waals surface area (Å²) >= 11 is 1.40. The van der Waals surface area contributed by atoms with Crippen molar-refractivity contribution in [1.29, 1.82) is 0 Å². The first-order chi connectivity index (χ1) is 17.9. The normalized spacial score (nSPS) is 15.4. The number of nitrogens with zero attached hydrogens (tertiary/aromatic N) is 7. The summed E-state index contributed by atoms with van der Waals surface area (Å²) in [7, 11) is -3.80. The van der Waals surface area contributed by atoms with E-state index < -0.39 is 15.6 Å². The Bertz CT molecular complexity index is 1570. The summed E-state index contributed by atoms with van der Waals surface area (Å²) in [4.78, 5) is 31.4. The molecule has 0 amide bonds. The number of likely N-dealkylation sites (N-methyl/N-ethyl adjacent to an activating group) is 1. The zero-order valence-corrected chi connectivity index (χ0v) is 22.5. The van der Waals surface area contributed by atoms with Crippen molar-refractivity contribution in [3.05, 3.63) is 39.9 Å². The third kappa shape index (κ3) is 4.65. The fourth-order valence-corrected chi connectivity index (χ4v) is 6.39. The standard InChI is InChI=1S/C23H28N8O4S2/c1-4-17-18-19(28-31(17)23-24-7-12-36-23)21(32)27-20(26-18)16-13-15(14-25-22(16)35-6-3)37(33,34)30-10-8-29(5-2)9-11-30/h7,12-14H,4-6,8-11H2,1-3H3,(H,26,27,32). The molecule has 0 saturated carbocycles. The number of fused-ring (bicyclic) bond motifs is 1. The lowest BCUT2D eigenvalue weighted by Crippen LogP contribution is -2.48. The van der Waals surface area contributed by atoms with E-state index in [9.17, 15) is 13.2 Å². The number of hydrogen-bond donors (Lipinski definition) is 1. The molecule has 0 bridgehead atoms. The largest absolute Gasteiger partial charge is 0.477 e. The zero-order valence-electron chi connectivity index (χ0n) is 20.8. The number of aromatic amines is 1. The molecule has 5 rings (SSSR count). The molecule has 0 radical (unpaired) electrons. The molecule has 4 aromatic rings. The molecule has 1 aliphatic heterocycles. The lowest BCUT2D eigenvalue weighted by molar-refractivity contribution is 0.196. The van der Waals surface area contributed by atoms with Crippen LogP contribution in [0.5, 0.6) is 5.88 Å². The van der Waals surface area contributed by atoms with Gasteiger partial charge in [0.1, 0.15) is 16.2 Å². The Hall–Kier alpha value is -3.20. The van der Waals surface area contributed by atoms with Crippen LogP contribution in [0.15, 0.2) is 33.5 Å². The zero-order chi connectivity index (χ0) is 26.2. The Kier molecular flexibility index (Phi) is 7.07. The maximum absolute atomic E-state index is 13.5. The molecule has 37 heavy (non-hydrogen) atoms. The van der Waals surface area contributed by atoms with Crippen molar-refractivity contribution in [2.24, 2.45) is 0 Å². The van der Waals surface area contributed by atoms with Gasteiger partial charge in [-0.15, -0.1) is 11.3 Å². The van der Waals surface area contributed by atoms with Gasteiger partial charge in [0.15, 0.2) is 5.52 Å². The maximum atomic E-state index is 13.5. The van der Waals surface area contributed by atoms with Crippen molar-refractivity contribution in [2.45, 2.75) is 32.1 Å². The Balaban J connectivity index is 1.62. The van der Waals surface area contributed by atoms with Gasteiger partial charge in [-0.05, 0) is 26.0 Å². The first kappa shape index (κ1) is 25.4. The van der Waals surface area contributed by atoms with Crippen LogP contribution in [0.1, 0.15) is 26.5 Å². The quantitative estimate of drug-likeness (QED) is 0.352. The topological polar surface area (TPSA) is 139 Å². The van der Waals surface area contributed by atoms with Crippen molar-refractivity contribution in [3.63, 3.8) is 0 Å². The number of pyridine rings is 1. The fraction of sp³-hybridized carbons (Fsp3) is 0.435. The second-order valence-electron chi connectivity index (χ2n) is 8.43. The maximum Gasteiger partial charge on any atom is 0.279 e. The number of nitrogens with one attached hydrogen (secondary N) is 1. The van der Waals surface area contributed by atoms with E-state index in [0.717, 1.165) is 12.2 Å². The van der Waals surface area contributed by atoms with Crippen molar-refractivity contribution in [2.75, 3.05) is 39.3 Å². The van der Waals surface area contributed by atoms with Gasteiger partial charge >= 0.3 is 0 Å². The number of ether oxygens (including phenoxy) is 1. The Morgan fingerprint density at radius 3 is 2.54 bits per heavy atom. The number of thiazole rings is 1. The number of sulfonamides is 1. The minimum absolute atomic E-state index is 0.0212. The third-order valence-electron chi connectivity index (χ3n) is 6.34. The van der Waals surface area contributed by atoms with E-state index in [0.29, 0.717) is 49.9 Å².